The summed E-state index contributed by atoms with van der Waals surface area (Å²) in [5.41, 5.74) is 1.73. The van der Waals surface area contributed by atoms with Crippen molar-refractivity contribution in [3.8, 4) is 6.07 Å². The molecule has 0 bridgehead atoms. The van der Waals surface area contributed by atoms with Gasteiger partial charge in [0.1, 0.15) is 0 Å². The van der Waals surface area contributed by atoms with Gasteiger partial charge < -0.3 is 0 Å². The van der Waals surface area contributed by atoms with E-state index in [0.29, 0.717) is 0 Å². The number of hydrogen-bond donors (Lipinski definition) is 0. The van der Waals surface area contributed by atoms with Gasteiger partial charge in [0.05, 0.1) is 11.6 Å². The SMILES string of the molecule is N#C/C=C/c1cncs1. The van der Waals surface area contributed by atoms with Crippen molar-refractivity contribution in [3.63, 3.8) is 0 Å². The molecule has 0 aliphatic carbocycles. The lowest BCUT2D eigenvalue weighted by molar-refractivity contribution is 1.42. The fourth-order valence-electron chi connectivity index (χ4n) is 0.427. The van der Waals surface area contributed by atoms with Gasteiger partial charge in [0.2, 0.25) is 0 Å². The lowest BCUT2D eigenvalue weighted by Crippen LogP contribution is -1.54. The van der Waals surface area contributed by atoms with Gasteiger partial charge in [-0.1, -0.05) is 0 Å². The third kappa shape index (κ3) is 1.67. The molecular formula is C6H4N2S. The Hall–Kier alpha value is -1.14. The van der Waals surface area contributed by atoms with Crippen molar-refractivity contribution in [1.82, 2.24) is 4.98 Å². The van der Waals surface area contributed by atoms with E-state index in [-0.39, 0.29) is 0 Å². The van der Waals surface area contributed by atoms with Gasteiger partial charge in [-0.3, -0.25) is 4.98 Å². The molecule has 0 saturated carbocycles. The molecule has 44 valence electrons. The molecule has 0 spiro atoms. The fourth-order valence-corrected chi connectivity index (χ4v) is 0.939. The van der Waals surface area contributed by atoms with Crippen molar-refractivity contribution in [2.24, 2.45) is 0 Å². The summed E-state index contributed by atoms with van der Waals surface area (Å²) in [6.07, 6.45) is 4.89. The van der Waals surface area contributed by atoms with Gasteiger partial charge in [-0.2, -0.15) is 5.26 Å². The largest absolute Gasteiger partial charge is 0.253 e. The van der Waals surface area contributed by atoms with Gasteiger partial charge in [0.25, 0.3) is 0 Å². The molecule has 0 N–H and O–H groups in total. The molecule has 0 fully saturated rings. The molecule has 1 aromatic heterocycles. The summed E-state index contributed by atoms with van der Waals surface area (Å²) in [5, 5.41) is 8.11. The van der Waals surface area contributed by atoms with Crippen molar-refractivity contribution < 1.29 is 0 Å². The minimum Gasteiger partial charge on any atom is -0.253 e. The molecule has 0 saturated heterocycles. The van der Waals surface area contributed by atoms with Crippen LogP contribution < -0.4 is 0 Å². The minimum atomic E-state index is 1.01. The van der Waals surface area contributed by atoms with Gasteiger partial charge in [0, 0.05) is 17.2 Å². The molecule has 3 heteroatoms. The van der Waals surface area contributed by atoms with Crippen molar-refractivity contribution in [1.29, 1.82) is 5.26 Å². The first kappa shape index (κ1) is 5.99. The van der Waals surface area contributed by atoms with Crippen LogP contribution in [0.25, 0.3) is 6.08 Å². The topological polar surface area (TPSA) is 36.7 Å². The van der Waals surface area contributed by atoms with E-state index in [1.54, 1.807) is 17.8 Å². The summed E-state index contributed by atoms with van der Waals surface area (Å²) in [6.45, 7) is 0. The van der Waals surface area contributed by atoms with Crippen LogP contribution in [0, 0.1) is 11.3 Å². The summed E-state index contributed by atoms with van der Waals surface area (Å²) in [6, 6.07) is 1.90. The Balaban J connectivity index is 2.71. The number of nitrogens with zero attached hydrogens (tertiary/aromatic N) is 2. The molecule has 0 unspecified atom stereocenters. The Bertz CT molecular complexity index is 230. The van der Waals surface area contributed by atoms with Crippen LogP contribution in [0.4, 0.5) is 0 Å². The first-order valence-corrected chi connectivity index (χ1v) is 3.26. The van der Waals surface area contributed by atoms with Crippen molar-refractivity contribution in [2.45, 2.75) is 0 Å². The third-order valence-corrected chi connectivity index (χ3v) is 1.51. The Morgan fingerprint density at radius 3 is 3.22 bits per heavy atom. The summed E-state index contributed by atoms with van der Waals surface area (Å²) in [4.78, 5) is 4.84. The predicted molar refractivity (Wildman–Crippen MR) is 36.8 cm³/mol. The van der Waals surface area contributed by atoms with Crippen LogP contribution in [-0.2, 0) is 0 Å². The second-order valence-corrected chi connectivity index (χ2v) is 2.28. The number of rotatable bonds is 1. The van der Waals surface area contributed by atoms with Crippen molar-refractivity contribution in [2.75, 3.05) is 0 Å². The van der Waals surface area contributed by atoms with Gasteiger partial charge in [-0.15, -0.1) is 11.3 Å². The minimum absolute atomic E-state index is 1.01. The maximum absolute atomic E-state index is 8.11. The Morgan fingerprint density at radius 2 is 2.67 bits per heavy atom. The highest BCUT2D eigenvalue weighted by Crippen LogP contribution is 2.06. The second kappa shape index (κ2) is 3.00. The second-order valence-electron chi connectivity index (χ2n) is 1.37. The standard InChI is InChI=1S/C6H4N2S/c7-3-1-2-6-4-8-5-9-6/h1-2,4-5H/b2-1+. The Kier molecular flexibility index (Phi) is 2.00. The van der Waals surface area contributed by atoms with E-state index in [4.69, 9.17) is 5.26 Å². The van der Waals surface area contributed by atoms with E-state index in [1.807, 2.05) is 6.07 Å². The average Bonchev–Trinajstić information content (AvgIpc) is 2.34. The van der Waals surface area contributed by atoms with Crippen LogP contribution in [0.15, 0.2) is 17.8 Å². The smallest absolute Gasteiger partial charge is 0.0912 e. The number of aromatic nitrogens is 1. The van der Waals surface area contributed by atoms with Crippen LogP contribution in [0.5, 0.6) is 0 Å². The van der Waals surface area contributed by atoms with E-state index >= 15 is 0 Å². The van der Waals surface area contributed by atoms with E-state index in [2.05, 4.69) is 4.98 Å². The average molecular weight is 136 g/mol. The Morgan fingerprint density at radius 1 is 1.78 bits per heavy atom. The predicted octanol–water partition coefficient (Wildman–Crippen LogP) is 1.68. The molecule has 0 aliphatic rings. The number of thiazole rings is 1. The normalized spacial score (nSPS) is 9.67. The molecule has 0 amide bonds. The first-order valence-electron chi connectivity index (χ1n) is 2.38. The molecule has 0 radical (unpaired) electrons. The molecule has 0 aromatic carbocycles. The van der Waals surface area contributed by atoms with E-state index < -0.39 is 0 Å². The monoisotopic (exact) mass is 136 g/mol. The summed E-state index contributed by atoms with van der Waals surface area (Å²) in [5.74, 6) is 0. The maximum Gasteiger partial charge on any atom is 0.0912 e. The zero-order chi connectivity index (χ0) is 6.53. The maximum atomic E-state index is 8.11. The summed E-state index contributed by atoms with van der Waals surface area (Å²) in [7, 11) is 0. The summed E-state index contributed by atoms with van der Waals surface area (Å²) >= 11 is 1.51. The van der Waals surface area contributed by atoms with Gasteiger partial charge in [0.15, 0.2) is 0 Å². The van der Waals surface area contributed by atoms with Crippen LogP contribution in [0.3, 0.4) is 0 Å². The highest BCUT2D eigenvalue weighted by Gasteiger charge is 1.83. The van der Waals surface area contributed by atoms with Crippen LogP contribution in [0.1, 0.15) is 4.88 Å². The quantitative estimate of drug-likeness (QED) is 0.551. The van der Waals surface area contributed by atoms with Crippen LogP contribution in [0.2, 0.25) is 0 Å². The number of hydrogen-bond acceptors (Lipinski definition) is 3. The van der Waals surface area contributed by atoms with Gasteiger partial charge >= 0.3 is 0 Å². The fraction of sp³-hybridized carbons (Fsp3) is 0. The van der Waals surface area contributed by atoms with Crippen LogP contribution >= 0.6 is 11.3 Å². The van der Waals surface area contributed by atoms with Gasteiger partial charge in [-0.25, -0.2) is 0 Å². The zero-order valence-electron chi connectivity index (χ0n) is 4.61. The van der Waals surface area contributed by atoms with Crippen LogP contribution in [-0.4, -0.2) is 4.98 Å². The van der Waals surface area contributed by atoms with E-state index in [1.165, 1.54) is 17.4 Å². The number of allylic oxidation sites excluding steroid dienone is 1. The zero-order valence-corrected chi connectivity index (χ0v) is 5.43. The van der Waals surface area contributed by atoms with E-state index in [0.717, 1.165) is 4.88 Å². The van der Waals surface area contributed by atoms with Crippen molar-refractivity contribution in [3.05, 3.63) is 22.7 Å². The lowest BCUT2D eigenvalue weighted by Gasteiger charge is -1.72. The van der Waals surface area contributed by atoms with Gasteiger partial charge in [-0.05, 0) is 6.08 Å². The molecular weight excluding hydrogens is 132 g/mol. The third-order valence-electron chi connectivity index (χ3n) is 0.774. The number of nitriles is 1. The molecule has 9 heavy (non-hydrogen) atoms. The molecule has 1 heterocycles. The molecule has 0 atom stereocenters. The lowest BCUT2D eigenvalue weighted by atomic mass is 10.5. The molecule has 1 aromatic rings. The highest BCUT2D eigenvalue weighted by molar-refractivity contribution is 7.10. The summed E-state index contributed by atoms with van der Waals surface area (Å²) < 4.78 is 0. The Labute approximate surface area is 57.1 Å². The molecule has 0 aliphatic heterocycles. The first-order chi connectivity index (χ1) is 4.43. The molecule has 2 nitrogen and oxygen atoms in total. The highest BCUT2D eigenvalue weighted by atomic mass is 32.1. The molecule has 1 rings (SSSR count). The van der Waals surface area contributed by atoms with Crippen molar-refractivity contribution >= 4 is 17.4 Å². The van der Waals surface area contributed by atoms with E-state index in [9.17, 15) is 0 Å².